The number of nitrogens with zero attached hydrogens (tertiary/aromatic N) is 2. The lowest BCUT2D eigenvalue weighted by Gasteiger charge is -2.20. The highest BCUT2D eigenvalue weighted by molar-refractivity contribution is 5.74. The molecule has 1 aliphatic rings. The van der Waals surface area contributed by atoms with Gasteiger partial charge in [-0.25, -0.2) is 9.18 Å². The zero-order chi connectivity index (χ0) is 16.1. The van der Waals surface area contributed by atoms with Crippen LogP contribution in [0.15, 0.2) is 18.2 Å². The molecule has 2 rings (SSSR count). The van der Waals surface area contributed by atoms with E-state index in [0.29, 0.717) is 25.3 Å². The van der Waals surface area contributed by atoms with Gasteiger partial charge in [0.15, 0.2) is 0 Å². The van der Waals surface area contributed by atoms with Crippen LogP contribution < -0.4 is 15.5 Å². The minimum Gasteiger partial charge on any atom is -0.377 e. The molecule has 1 aliphatic heterocycles. The van der Waals surface area contributed by atoms with Crippen LogP contribution in [0.5, 0.6) is 0 Å². The quantitative estimate of drug-likeness (QED) is 0.877. The Kier molecular flexibility index (Phi) is 5.17. The molecule has 1 aromatic carbocycles. The second kappa shape index (κ2) is 7.09. The standard InChI is InChI=1S/C15H19FN4O2/c1-3-18-15(21)19-12-8-20(9-14(12)22-2)13-6-4-5-11(16)10(13)7-17/h4-6,12,14H,3,8-9H2,1-2H3,(H2,18,19,21)/t12?,14-/m0/s1. The summed E-state index contributed by atoms with van der Waals surface area (Å²) in [6.45, 7) is 3.29. The lowest BCUT2D eigenvalue weighted by atomic mass is 10.1. The summed E-state index contributed by atoms with van der Waals surface area (Å²) in [5.41, 5.74) is 0.528. The molecule has 7 heteroatoms. The van der Waals surface area contributed by atoms with Crippen LogP contribution in [0.2, 0.25) is 0 Å². The van der Waals surface area contributed by atoms with E-state index in [4.69, 9.17) is 10.00 Å². The van der Waals surface area contributed by atoms with Gasteiger partial charge in [0, 0.05) is 26.7 Å². The Labute approximate surface area is 128 Å². The second-order valence-electron chi connectivity index (χ2n) is 5.04. The van der Waals surface area contributed by atoms with Crippen molar-refractivity contribution in [3.63, 3.8) is 0 Å². The van der Waals surface area contributed by atoms with Crippen LogP contribution in [0, 0.1) is 17.1 Å². The molecule has 1 heterocycles. The van der Waals surface area contributed by atoms with Crippen LogP contribution in [0.25, 0.3) is 0 Å². The molecule has 1 saturated heterocycles. The molecule has 2 amide bonds. The molecule has 22 heavy (non-hydrogen) atoms. The van der Waals surface area contributed by atoms with Gasteiger partial charge in [-0.1, -0.05) is 6.07 Å². The molecular formula is C15H19FN4O2. The van der Waals surface area contributed by atoms with Gasteiger partial charge in [-0.3, -0.25) is 0 Å². The minimum absolute atomic E-state index is 0.0102. The van der Waals surface area contributed by atoms with Crippen LogP contribution in [-0.4, -0.2) is 44.9 Å². The van der Waals surface area contributed by atoms with E-state index < -0.39 is 5.82 Å². The number of hydrogen-bond acceptors (Lipinski definition) is 4. The molecule has 118 valence electrons. The predicted molar refractivity (Wildman–Crippen MR) is 80.1 cm³/mol. The van der Waals surface area contributed by atoms with E-state index in [9.17, 15) is 9.18 Å². The van der Waals surface area contributed by atoms with Crippen molar-refractivity contribution in [2.45, 2.75) is 19.1 Å². The first kappa shape index (κ1) is 16.0. The summed E-state index contributed by atoms with van der Waals surface area (Å²) < 4.78 is 19.1. The lowest BCUT2D eigenvalue weighted by molar-refractivity contribution is 0.0992. The molecule has 1 unspecified atom stereocenters. The zero-order valence-corrected chi connectivity index (χ0v) is 12.6. The number of nitrogens with one attached hydrogen (secondary N) is 2. The van der Waals surface area contributed by atoms with E-state index in [0.717, 1.165) is 0 Å². The molecule has 0 radical (unpaired) electrons. The number of anilines is 1. The number of ether oxygens (including phenoxy) is 1. The first-order chi connectivity index (χ1) is 10.6. The summed E-state index contributed by atoms with van der Waals surface area (Å²) in [6.07, 6.45) is -0.225. The molecule has 1 aromatic rings. The highest BCUT2D eigenvalue weighted by atomic mass is 19.1. The number of nitriles is 1. The van der Waals surface area contributed by atoms with Crippen molar-refractivity contribution in [2.24, 2.45) is 0 Å². The Balaban J connectivity index is 2.17. The van der Waals surface area contributed by atoms with Crippen molar-refractivity contribution in [3.8, 4) is 6.07 Å². The van der Waals surface area contributed by atoms with E-state index in [1.165, 1.54) is 6.07 Å². The molecular weight excluding hydrogens is 287 g/mol. The second-order valence-corrected chi connectivity index (χ2v) is 5.04. The summed E-state index contributed by atoms with van der Waals surface area (Å²) >= 11 is 0. The van der Waals surface area contributed by atoms with E-state index >= 15 is 0 Å². The van der Waals surface area contributed by atoms with Gasteiger partial charge < -0.3 is 20.3 Å². The van der Waals surface area contributed by atoms with Crippen LogP contribution in [0.4, 0.5) is 14.9 Å². The number of amides is 2. The summed E-state index contributed by atoms with van der Waals surface area (Å²) in [4.78, 5) is 13.5. The van der Waals surface area contributed by atoms with Gasteiger partial charge in [0.1, 0.15) is 17.4 Å². The normalized spacial score (nSPS) is 20.5. The van der Waals surface area contributed by atoms with Gasteiger partial charge in [0.2, 0.25) is 0 Å². The molecule has 0 aliphatic carbocycles. The van der Waals surface area contributed by atoms with Crippen molar-refractivity contribution in [1.29, 1.82) is 5.26 Å². The largest absolute Gasteiger partial charge is 0.377 e. The summed E-state index contributed by atoms with van der Waals surface area (Å²) in [6, 6.07) is 5.92. The van der Waals surface area contributed by atoms with Crippen molar-refractivity contribution in [2.75, 3.05) is 31.6 Å². The fraction of sp³-hybridized carbons (Fsp3) is 0.467. The molecule has 2 atom stereocenters. The molecule has 0 aromatic heterocycles. The van der Waals surface area contributed by atoms with Gasteiger partial charge in [-0.05, 0) is 19.1 Å². The topological polar surface area (TPSA) is 77.4 Å². The monoisotopic (exact) mass is 306 g/mol. The Hall–Kier alpha value is -2.33. The maximum absolute atomic E-state index is 13.7. The molecule has 6 nitrogen and oxygen atoms in total. The van der Waals surface area contributed by atoms with Crippen LogP contribution in [0.3, 0.4) is 0 Å². The number of hydrogen-bond donors (Lipinski definition) is 2. The van der Waals surface area contributed by atoms with E-state index in [1.54, 1.807) is 19.2 Å². The maximum atomic E-state index is 13.7. The Bertz CT molecular complexity index is 587. The summed E-state index contributed by atoms with van der Waals surface area (Å²) in [7, 11) is 1.57. The third-order valence-electron chi connectivity index (χ3n) is 3.67. The predicted octanol–water partition coefficient (Wildman–Crippen LogP) is 1.22. The number of carbonyl (C=O) groups is 1. The molecule has 0 spiro atoms. The number of rotatable bonds is 4. The molecule has 0 saturated carbocycles. The first-order valence-corrected chi connectivity index (χ1v) is 7.11. The smallest absolute Gasteiger partial charge is 0.315 e. The van der Waals surface area contributed by atoms with Crippen molar-refractivity contribution in [3.05, 3.63) is 29.6 Å². The molecule has 1 fully saturated rings. The highest BCUT2D eigenvalue weighted by Crippen LogP contribution is 2.27. The van der Waals surface area contributed by atoms with E-state index in [1.807, 2.05) is 17.9 Å². The Morgan fingerprint density at radius 3 is 2.95 bits per heavy atom. The number of benzene rings is 1. The Morgan fingerprint density at radius 1 is 1.55 bits per heavy atom. The summed E-state index contributed by atoms with van der Waals surface area (Å²) in [5, 5.41) is 14.6. The number of urea groups is 1. The summed E-state index contributed by atoms with van der Waals surface area (Å²) in [5.74, 6) is -0.547. The fourth-order valence-corrected chi connectivity index (χ4v) is 2.62. The van der Waals surface area contributed by atoms with Gasteiger partial charge >= 0.3 is 6.03 Å². The molecule has 0 bridgehead atoms. The Morgan fingerprint density at radius 2 is 2.32 bits per heavy atom. The number of halogens is 1. The zero-order valence-electron chi connectivity index (χ0n) is 12.6. The van der Waals surface area contributed by atoms with Crippen molar-refractivity contribution in [1.82, 2.24) is 10.6 Å². The number of methoxy groups -OCH3 is 1. The SMILES string of the molecule is CCNC(=O)NC1CN(c2cccc(F)c2C#N)C[C@@H]1OC. The number of carbonyl (C=O) groups excluding carboxylic acids is 1. The van der Waals surface area contributed by atoms with Crippen molar-refractivity contribution < 1.29 is 13.9 Å². The average molecular weight is 306 g/mol. The van der Waals surface area contributed by atoms with Crippen LogP contribution >= 0.6 is 0 Å². The third-order valence-corrected chi connectivity index (χ3v) is 3.67. The first-order valence-electron chi connectivity index (χ1n) is 7.11. The van der Waals surface area contributed by atoms with Crippen LogP contribution in [0.1, 0.15) is 12.5 Å². The van der Waals surface area contributed by atoms with Gasteiger partial charge in [-0.15, -0.1) is 0 Å². The fourth-order valence-electron chi connectivity index (χ4n) is 2.62. The van der Waals surface area contributed by atoms with Gasteiger partial charge in [0.25, 0.3) is 0 Å². The lowest BCUT2D eigenvalue weighted by Crippen LogP contribution is -2.48. The van der Waals surface area contributed by atoms with Gasteiger partial charge in [-0.2, -0.15) is 5.26 Å². The molecule has 2 N–H and O–H groups in total. The van der Waals surface area contributed by atoms with Crippen molar-refractivity contribution >= 4 is 11.7 Å². The minimum atomic E-state index is -0.547. The average Bonchev–Trinajstić information content (AvgIpc) is 2.90. The van der Waals surface area contributed by atoms with E-state index in [2.05, 4.69) is 10.6 Å². The third kappa shape index (κ3) is 3.28. The van der Waals surface area contributed by atoms with Crippen LogP contribution in [-0.2, 0) is 4.74 Å². The van der Waals surface area contributed by atoms with Gasteiger partial charge in [0.05, 0.1) is 17.8 Å². The maximum Gasteiger partial charge on any atom is 0.315 e. The highest BCUT2D eigenvalue weighted by Gasteiger charge is 2.35. The van der Waals surface area contributed by atoms with E-state index in [-0.39, 0.29) is 23.7 Å².